The van der Waals surface area contributed by atoms with Crippen molar-refractivity contribution < 1.29 is 13.2 Å². The Bertz CT molecular complexity index is 226. The smallest absolute Gasteiger partial charge is 0.154 e. The van der Waals surface area contributed by atoms with Crippen LogP contribution in [-0.4, -0.2) is 46.2 Å². The molecule has 0 aliphatic carbocycles. The fourth-order valence-corrected chi connectivity index (χ4v) is 2.76. The van der Waals surface area contributed by atoms with Gasteiger partial charge in [0.15, 0.2) is 9.84 Å². The third-order valence-corrected chi connectivity index (χ3v) is 3.74. The Morgan fingerprint density at radius 3 is 2.43 bits per heavy atom. The van der Waals surface area contributed by atoms with Crippen molar-refractivity contribution in [1.29, 1.82) is 0 Å². The molecular weight excluding hydrogens is 202 g/mol. The molecule has 86 valence electrons. The van der Waals surface area contributed by atoms with Gasteiger partial charge in [0.1, 0.15) is 0 Å². The van der Waals surface area contributed by atoms with E-state index in [1.54, 1.807) is 0 Å². The van der Waals surface area contributed by atoms with Crippen molar-refractivity contribution >= 4 is 9.84 Å². The number of hydrogen-bond acceptors (Lipinski definition) is 4. The zero-order chi connectivity index (χ0) is 11.0. The molecule has 1 N–H and O–H groups in total. The molecule has 0 heterocycles. The van der Waals surface area contributed by atoms with Gasteiger partial charge < -0.3 is 10.1 Å². The molecule has 0 aliphatic heterocycles. The van der Waals surface area contributed by atoms with Crippen LogP contribution in [0, 0.1) is 0 Å². The number of hydrogen-bond donors (Lipinski definition) is 1. The molecular formula is C9H21NO3S. The molecule has 0 rings (SSSR count). The van der Waals surface area contributed by atoms with E-state index in [1.807, 2.05) is 13.8 Å². The van der Waals surface area contributed by atoms with Crippen LogP contribution in [0.1, 0.15) is 20.3 Å². The lowest BCUT2D eigenvalue weighted by Gasteiger charge is -2.15. The summed E-state index contributed by atoms with van der Waals surface area (Å²) in [6.45, 7) is 5.05. The first-order valence-corrected chi connectivity index (χ1v) is 6.80. The second-order valence-electron chi connectivity index (χ2n) is 3.27. The van der Waals surface area contributed by atoms with Crippen molar-refractivity contribution in [3.63, 3.8) is 0 Å². The number of methoxy groups -OCH3 is 1. The minimum absolute atomic E-state index is 0.0712. The molecule has 1 unspecified atom stereocenters. The van der Waals surface area contributed by atoms with Gasteiger partial charge in [-0.1, -0.05) is 13.8 Å². The van der Waals surface area contributed by atoms with Gasteiger partial charge in [0, 0.05) is 13.2 Å². The Labute approximate surface area is 86.9 Å². The predicted molar refractivity (Wildman–Crippen MR) is 58.3 cm³/mol. The second kappa shape index (κ2) is 7.20. The molecule has 14 heavy (non-hydrogen) atoms. The Balaban J connectivity index is 4.04. The third kappa shape index (κ3) is 6.34. The molecule has 0 saturated carbocycles. The first-order chi connectivity index (χ1) is 6.55. The largest absolute Gasteiger partial charge is 0.384 e. The van der Waals surface area contributed by atoms with Gasteiger partial charge in [-0.25, -0.2) is 8.42 Å². The summed E-state index contributed by atoms with van der Waals surface area (Å²) in [5.41, 5.74) is 0. The fraction of sp³-hybridized carbons (Fsp3) is 1.00. The van der Waals surface area contributed by atoms with Crippen molar-refractivity contribution in [2.75, 3.05) is 31.8 Å². The van der Waals surface area contributed by atoms with E-state index >= 15 is 0 Å². The Hall–Kier alpha value is -0.130. The van der Waals surface area contributed by atoms with Crippen LogP contribution in [0.5, 0.6) is 0 Å². The van der Waals surface area contributed by atoms with Crippen molar-refractivity contribution in [2.24, 2.45) is 0 Å². The maximum atomic E-state index is 11.5. The summed E-state index contributed by atoms with van der Waals surface area (Å²) in [4.78, 5) is 0. The summed E-state index contributed by atoms with van der Waals surface area (Å²) in [7, 11) is -1.45. The highest BCUT2D eigenvalue weighted by Gasteiger charge is 2.16. The minimum atomic E-state index is -2.96. The lowest BCUT2D eigenvalue weighted by molar-refractivity contribution is 0.217. The van der Waals surface area contributed by atoms with Crippen molar-refractivity contribution in [2.45, 2.75) is 26.3 Å². The van der Waals surface area contributed by atoms with Crippen LogP contribution in [0.4, 0.5) is 0 Å². The molecule has 0 radical (unpaired) electrons. The van der Waals surface area contributed by atoms with Crippen LogP contribution < -0.4 is 5.32 Å². The molecule has 0 aromatic carbocycles. The highest BCUT2D eigenvalue weighted by atomic mass is 32.2. The number of rotatable bonds is 8. The molecule has 0 fully saturated rings. The first kappa shape index (κ1) is 13.9. The number of nitrogens with one attached hydrogen (secondary N) is 1. The molecule has 1 atom stereocenters. The predicted octanol–water partition coefficient (Wildman–Crippen LogP) is 0.436. The lowest BCUT2D eigenvalue weighted by Crippen LogP contribution is -2.36. The van der Waals surface area contributed by atoms with E-state index < -0.39 is 9.84 Å². The van der Waals surface area contributed by atoms with E-state index in [1.165, 1.54) is 7.11 Å². The van der Waals surface area contributed by atoms with E-state index in [4.69, 9.17) is 4.74 Å². The topological polar surface area (TPSA) is 55.4 Å². The summed E-state index contributed by atoms with van der Waals surface area (Å²) in [6.07, 6.45) is 0.833. The monoisotopic (exact) mass is 223 g/mol. The Morgan fingerprint density at radius 2 is 2.00 bits per heavy atom. The average molecular weight is 223 g/mol. The highest BCUT2D eigenvalue weighted by Crippen LogP contribution is 1.99. The molecule has 0 aromatic heterocycles. The summed E-state index contributed by atoms with van der Waals surface area (Å²) in [5, 5.41) is 3.14. The van der Waals surface area contributed by atoms with Crippen LogP contribution in [0.15, 0.2) is 0 Å². The maximum Gasteiger partial charge on any atom is 0.154 e. The average Bonchev–Trinajstić information content (AvgIpc) is 2.14. The summed E-state index contributed by atoms with van der Waals surface area (Å²) < 4.78 is 27.8. The minimum Gasteiger partial charge on any atom is -0.384 e. The van der Waals surface area contributed by atoms with Gasteiger partial charge in [-0.05, 0) is 13.0 Å². The van der Waals surface area contributed by atoms with Crippen LogP contribution in [0.3, 0.4) is 0 Å². The van der Waals surface area contributed by atoms with Crippen LogP contribution in [-0.2, 0) is 14.6 Å². The first-order valence-electron chi connectivity index (χ1n) is 4.98. The van der Waals surface area contributed by atoms with Crippen molar-refractivity contribution in [3.8, 4) is 0 Å². The Morgan fingerprint density at radius 1 is 1.36 bits per heavy atom. The van der Waals surface area contributed by atoms with E-state index in [-0.39, 0.29) is 24.2 Å². The van der Waals surface area contributed by atoms with Crippen LogP contribution in [0.25, 0.3) is 0 Å². The van der Waals surface area contributed by atoms with E-state index in [0.29, 0.717) is 0 Å². The molecule has 0 saturated heterocycles. The molecule has 0 spiro atoms. The summed E-state index contributed by atoms with van der Waals surface area (Å²) in [6, 6.07) is 0.0712. The van der Waals surface area contributed by atoms with Gasteiger partial charge in [-0.15, -0.1) is 0 Å². The van der Waals surface area contributed by atoms with Crippen LogP contribution in [0.2, 0.25) is 0 Å². The normalized spacial score (nSPS) is 14.2. The molecule has 0 bridgehead atoms. The second-order valence-corrected chi connectivity index (χ2v) is 5.50. The molecule has 0 amide bonds. The van der Waals surface area contributed by atoms with E-state index in [0.717, 1.165) is 13.0 Å². The molecule has 0 aliphatic rings. The molecule has 5 heteroatoms. The van der Waals surface area contributed by atoms with Crippen molar-refractivity contribution in [3.05, 3.63) is 0 Å². The summed E-state index contributed by atoms with van der Waals surface area (Å²) in [5.74, 6) is 0.325. The van der Waals surface area contributed by atoms with Gasteiger partial charge in [0.05, 0.1) is 18.1 Å². The summed E-state index contributed by atoms with van der Waals surface area (Å²) >= 11 is 0. The van der Waals surface area contributed by atoms with Gasteiger partial charge in [-0.2, -0.15) is 0 Å². The number of sulfone groups is 1. The molecule has 0 aromatic rings. The lowest BCUT2D eigenvalue weighted by atomic mass is 10.2. The van der Waals surface area contributed by atoms with Gasteiger partial charge in [0.25, 0.3) is 0 Å². The van der Waals surface area contributed by atoms with Crippen LogP contribution >= 0.6 is 0 Å². The number of ether oxygens (including phenoxy) is 1. The maximum absolute atomic E-state index is 11.5. The highest BCUT2D eigenvalue weighted by molar-refractivity contribution is 7.91. The quantitative estimate of drug-likeness (QED) is 0.648. The molecule has 4 nitrogen and oxygen atoms in total. The van der Waals surface area contributed by atoms with E-state index in [2.05, 4.69) is 5.32 Å². The van der Waals surface area contributed by atoms with Crippen molar-refractivity contribution in [1.82, 2.24) is 5.32 Å². The van der Waals surface area contributed by atoms with Gasteiger partial charge in [-0.3, -0.25) is 0 Å². The Kier molecular flexibility index (Phi) is 7.13. The standard InChI is InChI=1S/C9H21NO3S/c1-4-9(10-5-2)8-14(11,12)7-6-13-3/h9-10H,4-8H2,1-3H3. The fourth-order valence-electron chi connectivity index (χ4n) is 1.21. The SMILES string of the molecule is CCNC(CC)CS(=O)(=O)CCOC. The van der Waals surface area contributed by atoms with Gasteiger partial charge >= 0.3 is 0 Å². The third-order valence-electron chi connectivity index (χ3n) is 2.04. The van der Waals surface area contributed by atoms with Gasteiger partial charge in [0.2, 0.25) is 0 Å². The zero-order valence-corrected chi connectivity index (χ0v) is 10.1. The zero-order valence-electron chi connectivity index (χ0n) is 9.25. The van der Waals surface area contributed by atoms with E-state index in [9.17, 15) is 8.42 Å².